The molecule has 3 heteroatoms. The van der Waals surface area contributed by atoms with Crippen LogP contribution in [0.25, 0.3) is 0 Å². The minimum atomic E-state index is 0.129. The van der Waals surface area contributed by atoms with Crippen LogP contribution in [0.4, 0.5) is 5.69 Å². The first kappa shape index (κ1) is 12.7. The van der Waals surface area contributed by atoms with E-state index in [1.807, 2.05) is 42.5 Å². The lowest BCUT2D eigenvalue weighted by atomic mass is 10.00. The Hall–Kier alpha value is -2.29. The Morgan fingerprint density at radius 2 is 2.10 bits per heavy atom. The zero-order valence-corrected chi connectivity index (χ0v) is 11.5. The molecule has 102 valence electrons. The van der Waals surface area contributed by atoms with Crippen LogP contribution in [0.15, 0.2) is 42.5 Å². The second-order valence-corrected chi connectivity index (χ2v) is 4.96. The minimum Gasteiger partial charge on any atom is -0.496 e. The zero-order chi connectivity index (χ0) is 13.9. The Morgan fingerprint density at radius 3 is 2.95 bits per heavy atom. The monoisotopic (exact) mass is 267 g/mol. The van der Waals surface area contributed by atoms with Crippen molar-refractivity contribution in [2.24, 2.45) is 0 Å². The van der Waals surface area contributed by atoms with Gasteiger partial charge in [-0.3, -0.25) is 4.79 Å². The highest BCUT2D eigenvalue weighted by Crippen LogP contribution is 2.25. The molecule has 20 heavy (non-hydrogen) atoms. The standard InChI is InChI=1S/C17H17NO2/c1-20-17-5-3-2-4-14(17)11-16(19)13-6-7-15-12(10-13)8-9-18-15/h2-7,10,18H,8-9,11H2,1H3. The van der Waals surface area contributed by atoms with E-state index in [0.717, 1.165) is 35.5 Å². The van der Waals surface area contributed by atoms with Crippen LogP contribution < -0.4 is 10.1 Å². The van der Waals surface area contributed by atoms with Crippen molar-refractivity contribution in [1.29, 1.82) is 0 Å². The highest BCUT2D eigenvalue weighted by Gasteiger charge is 2.15. The van der Waals surface area contributed by atoms with Gasteiger partial charge in [0.1, 0.15) is 5.75 Å². The molecule has 0 atom stereocenters. The van der Waals surface area contributed by atoms with Gasteiger partial charge in [-0.1, -0.05) is 18.2 Å². The summed E-state index contributed by atoms with van der Waals surface area (Å²) in [4.78, 5) is 12.4. The summed E-state index contributed by atoms with van der Waals surface area (Å²) in [6.07, 6.45) is 1.36. The van der Waals surface area contributed by atoms with Crippen LogP contribution in [0.3, 0.4) is 0 Å². The van der Waals surface area contributed by atoms with Crippen molar-refractivity contribution in [2.45, 2.75) is 12.8 Å². The molecule has 0 aliphatic carbocycles. The number of hydrogen-bond donors (Lipinski definition) is 1. The molecule has 0 unspecified atom stereocenters. The van der Waals surface area contributed by atoms with E-state index in [9.17, 15) is 4.79 Å². The maximum atomic E-state index is 12.4. The molecule has 0 saturated heterocycles. The van der Waals surface area contributed by atoms with Gasteiger partial charge in [0.05, 0.1) is 7.11 Å². The molecule has 1 N–H and O–H groups in total. The molecule has 0 saturated carbocycles. The molecule has 0 bridgehead atoms. The van der Waals surface area contributed by atoms with Crippen LogP contribution in [0.1, 0.15) is 21.5 Å². The number of para-hydroxylation sites is 1. The van der Waals surface area contributed by atoms with Crippen molar-refractivity contribution in [2.75, 3.05) is 19.0 Å². The smallest absolute Gasteiger partial charge is 0.167 e. The second-order valence-electron chi connectivity index (χ2n) is 4.96. The van der Waals surface area contributed by atoms with E-state index in [-0.39, 0.29) is 5.78 Å². The van der Waals surface area contributed by atoms with Gasteiger partial charge in [-0.15, -0.1) is 0 Å². The Kier molecular flexibility index (Phi) is 3.42. The Labute approximate surface area is 118 Å². The van der Waals surface area contributed by atoms with E-state index >= 15 is 0 Å². The fraction of sp³-hybridized carbons (Fsp3) is 0.235. The molecule has 0 aromatic heterocycles. The van der Waals surface area contributed by atoms with Crippen LogP contribution in [0.2, 0.25) is 0 Å². The minimum absolute atomic E-state index is 0.129. The first-order valence-electron chi connectivity index (χ1n) is 6.80. The summed E-state index contributed by atoms with van der Waals surface area (Å²) in [5.41, 5.74) is 4.09. The summed E-state index contributed by atoms with van der Waals surface area (Å²) in [5.74, 6) is 0.896. The molecule has 1 heterocycles. The van der Waals surface area contributed by atoms with Crippen molar-refractivity contribution in [3.63, 3.8) is 0 Å². The second kappa shape index (κ2) is 5.37. The van der Waals surface area contributed by atoms with Gasteiger partial charge in [-0.25, -0.2) is 0 Å². The number of carbonyl (C=O) groups excluding carboxylic acids is 1. The molecule has 1 aliphatic heterocycles. The number of nitrogens with one attached hydrogen (secondary N) is 1. The van der Waals surface area contributed by atoms with Crippen molar-refractivity contribution in [1.82, 2.24) is 0 Å². The number of ketones is 1. The predicted molar refractivity (Wildman–Crippen MR) is 79.7 cm³/mol. The van der Waals surface area contributed by atoms with E-state index in [1.165, 1.54) is 5.56 Å². The van der Waals surface area contributed by atoms with Gasteiger partial charge in [-0.05, 0) is 36.2 Å². The van der Waals surface area contributed by atoms with E-state index in [1.54, 1.807) is 7.11 Å². The van der Waals surface area contributed by atoms with Crippen LogP contribution in [0.5, 0.6) is 5.75 Å². The molecule has 0 spiro atoms. The van der Waals surface area contributed by atoms with Gasteiger partial charge < -0.3 is 10.1 Å². The molecule has 0 amide bonds. The van der Waals surface area contributed by atoms with Crippen LogP contribution in [0, 0.1) is 0 Å². The van der Waals surface area contributed by atoms with Gasteiger partial charge in [-0.2, -0.15) is 0 Å². The van der Waals surface area contributed by atoms with Gasteiger partial charge >= 0.3 is 0 Å². The van der Waals surface area contributed by atoms with E-state index in [4.69, 9.17) is 4.74 Å². The molecule has 2 aromatic carbocycles. The van der Waals surface area contributed by atoms with Gasteiger partial charge in [0.2, 0.25) is 0 Å². The Morgan fingerprint density at radius 1 is 1.25 bits per heavy atom. The topological polar surface area (TPSA) is 38.3 Å². The summed E-state index contributed by atoms with van der Waals surface area (Å²) >= 11 is 0. The summed E-state index contributed by atoms with van der Waals surface area (Å²) in [6, 6.07) is 13.6. The number of ether oxygens (including phenoxy) is 1. The number of methoxy groups -OCH3 is 1. The molecule has 0 fully saturated rings. The third-order valence-electron chi connectivity index (χ3n) is 3.68. The molecular formula is C17H17NO2. The number of carbonyl (C=O) groups is 1. The number of benzene rings is 2. The quantitative estimate of drug-likeness (QED) is 0.865. The number of rotatable bonds is 4. The van der Waals surface area contributed by atoms with Gasteiger partial charge in [0.25, 0.3) is 0 Å². The van der Waals surface area contributed by atoms with Gasteiger partial charge in [0, 0.05) is 29.8 Å². The largest absolute Gasteiger partial charge is 0.496 e. The Balaban J connectivity index is 1.83. The lowest BCUT2D eigenvalue weighted by Gasteiger charge is -2.08. The lowest BCUT2D eigenvalue weighted by Crippen LogP contribution is -2.05. The van der Waals surface area contributed by atoms with Crippen LogP contribution in [-0.2, 0) is 12.8 Å². The third-order valence-corrected chi connectivity index (χ3v) is 3.68. The van der Waals surface area contributed by atoms with Crippen molar-refractivity contribution < 1.29 is 9.53 Å². The normalized spacial score (nSPS) is 12.7. The molecule has 2 aromatic rings. The molecule has 0 radical (unpaired) electrons. The van der Waals surface area contributed by atoms with Crippen molar-refractivity contribution in [3.05, 3.63) is 59.2 Å². The van der Waals surface area contributed by atoms with E-state index in [0.29, 0.717) is 6.42 Å². The average molecular weight is 267 g/mol. The first-order valence-corrected chi connectivity index (χ1v) is 6.80. The molecular weight excluding hydrogens is 250 g/mol. The highest BCUT2D eigenvalue weighted by atomic mass is 16.5. The summed E-state index contributed by atoms with van der Waals surface area (Å²) in [6.45, 7) is 0.958. The van der Waals surface area contributed by atoms with Gasteiger partial charge in [0.15, 0.2) is 5.78 Å². The van der Waals surface area contributed by atoms with Crippen LogP contribution in [-0.4, -0.2) is 19.4 Å². The molecule has 3 rings (SSSR count). The fourth-order valence-corrected chi connectivity index (χ4v) is 2.60. The Bertz CT molecular complexity index is 649. The van der Waals surface area contributed by atoms with Crippen molar-refractivity contribution >= 4 is 11.5 Å². The first-order chi connectivity index (χ1) is 9.78. The third kappa shape index (κ3) is 2.39. The highest BCUT2D eigenvalue weighted by molar-refractivity contribution is 5.98. The summed E-state index contributed by atoms with van der Waals surface area (Å²) in [7, 11) is 1.63. The summed E-state index contributed by atoms with van der Waals surface area (Å²) < 4.78 is 5.29. The number of hydrogen-bond acceptors (Lipinski definition) is 3. The number of Topliss-reactive ketones (excluding diaryl/α,β-unsaturated/α-hetero) is 1. The van der Waals surface area contributed by atoms with E-state index in [2.05, 4.69) is 5.32 Å². The molecule has 3 nitrogen and oxygen atoms in total. The maximum absolute atomic E-state index is 12.4. The maximum Gasteiger partial charge on any atom is 0.167 e. The number of anilines is 1. The fourth-order valence-electron chi connectivity index (χ4n) is 2.60. The SMILES string of the molecule is COc1ccccc1CC(=O)c1ccc2c(c1)CCN2. The average Bonchev–Trinajstić information content (AvgIpc) is 2.95. The lowest BCUT2D eigenvalue weighted by molar-refractivity contribution is 0.0992. The predicted octanol–water partition coefficient (Wildman–Crippen LogP) is 3.09. The van der Waals surface area contributed by atoms with E-state index < -0.39 is 0 Å². The zero-order valence-electron chi connectivity index (χ0n) is 11.5. The van der Waals surface area contributed by atoms with Crippen molar-refractivity contribution in [3.8, 4) is 5.75 Å². The summed E-state index contributed by atoms with van der Waals surface area (Å²) in [5, 5.41) is 3.30. The molecule has 1 aliphatic rings. The number of fused-ring (bicyclic) bond motifs is 1. The van der Waals surface area contributed by atoms with Crippen LogP contribution >= 0.6 is 0 Å².